The molecule has 2 aromatic carbocycles. The van der Waals surface area contributed by atoms with Crippen LogP contribution in [0.4, 0.5) is 18.9 Å². The van der Waals surface area contributed by atoms with Gasteiger partial charge in [0, 0.05) is 20.6 Å². The minimum Gasteiger partial charge on any atom is -0.508 e. The highest BCUT2D eigenvalue weighted by molar-refractivity contribution is 14.1. The molecule has 1 amide bonds. The van der Waals surface area contributed by atoms with E-state index in [2.05, 4.69) is 40.1 Å². The SMILES string of the molecule is CCC1[C@H](C(=O)CNCC(=O)Nc2cccc(C(F)(F)CF)c2)[C@@]1(I)CCC1CCC(c2ccc(O)cc2)CC1. The van der Waals surface area contributed by atoms with Crippen molar-refractivity contribution < 1.29 is 27.9 Å². The highest BCUT2D eigenvalue weighted by atomic mass is 127. The van der Waals surface area contributed by atoms with Gasteiger partial charge in [-0.05, 0) is 86.1 Å². The van der Waals surface area contributed by atoms with Gasteiger partial charge in [-0.1, -0.05) is 60.2 Å². The van der Waals surface area contributed by atoms with Gasteiger partial charge in [-0.3, -0.25) is 9.59 Å². The van der Waals surface area contributed by atoms with Crippen molar-refractivity contribution in [3.05, 3.63) is 59.7 Å². The van der Waals surface area contributed by atoms with Gasteiger partial charge in [0.05, 0.1) is 13.1 Å². The van der Waals surface area contributed by atoms with Crippen molar-refractivity contribution in [2.45, 2.75) is 67.1 Å². The summed E-state index contributed by atoms with van der Waals surface area (Å²) in [4.78, 5) is 25.4. The monoisotopic (exact) mass is 670 g/mol. The van der Waals surface area contributed by atoms with Gasteiger partial charge >= 0.3 is 5.92 Å². The second kappa shape index (κ2) is 13.2. The van der Waals surface area contributed by atoms with Crippen molar-refractivity contribution in [1.29, 1.82) is 0 Å². The molecule has 9 heteroatoms. The van der Waals surface area contributed by atoms with Crippen molar-refractivity contribution in [3.8, 4) is 5.75 Å². The summed E-state index contributed by atoms with van der Waals surface area (Å²) in [6, 6.07) is 12.5. The average Bonchev–Trinajstić information content (AvgIpc) is 3.56. The topological polar surface area (TPSA) is 78.4 Å². The third-order valence-corrected chi connectivity index (χ3v) is 10.7. The Bertz CT molecular complexity index is 1170. The maximum Gasteiger partial charge on any atom is 0.301 e. The second-order valence-corrected chi connectivity index (χ2v) is 13.3. The molecule has 40 heavy (non-hydrogen) atoms. The van der Waals surface area contributed by atoms with Crippen molar-refractivity contribution in [1.82, 2.24) is 5.32 Å². The zero-order chi connectivity index (χ0) is 28.9. The smallest absolute Gasteiger partial charge is 0.301 e. The number of halogens is 4. The number of aromatic hydroxyl groups is 1. The summed E-state index contributed by atoms with van der Waals surface area (Å²) in [5.74, 6) is -2.13. The van der Waals surface area contributed by atoms with Crippen LogP contribution in [0.1, 0.15) is 68.9 Å². The van der Waals surface area contributed by atoms with E-state index in [1.165, 1.54) is 30.5 Å². The number of carbonyl (C=O) groups excluding carboxylic acids is 2. The highest BCUT2D eigenvalue weighted by Crippen LogP contribution is 2.63. The molecule has 5 nitrogen and oxygen atoms in total. The Hall–Kier alpha value is -2.14. The van der Waals surface area contributed by atoms with E-state index >= 15 is 0 Å². The molecule has 218 valence electrons. The van der Waals surface area contributed by atoms with Crippen LogP contribution >= 0.6 is 22.6 Å². The molecule has 2 aliphatic carbocycles. The van der Waals surface area contributed by atoms with Crippen LogP contribution < -0.4 is 10.6 Å². The summed E-state index contributed by atoms with van der Waals surface area (Å²) in [6.07, 6.45) is 7.72. The Labute approximate surface area is 247 Å². The molecule has 2 aromatic rings. The van der Waals surface area contributed by atoms with E-state index < -0.39 is 24.1 Å². The number of amides is 1. The number of alkyl halides is 4. The molecule has 3 N–H and O–H groups in total. The maximum atomic E-state index is 13.6. The molecule has 0 aromatic heterocycles. The van der Waals surface area contributed by atoms with Crippen LogP contribution in [0.2, 0.25) is 0 Å². The normalized spacial score (nSPS) is 26.3. The molecule has 0 heterocycles. The predicted molar refractivity (Wildman–Crippen MR) is 159 cm³/mol. The minimum absolute atomic E-state index is 0.0263. The van der Waals surface area contributed by atoms with Gasteiger partial charge < -0.3 is 15.7 Å². The summed E-state index contributed by atoms with van der Waals surface area (Å²) in [5, 5.41) is 15.0. The molecule has 0 spiro atoms. The van der Waals surface area contributed by atoms with Crippen LogP contribution in [0.3, 0.4) is 0 Å². The van der Waals surface area contributed by atoms with Gasteiger partial charge in [-0.15, -0.1) is 0 Å². The Morgan fingerprint density at radius 3 is 2.42 bits per heavy atom. The van der Waals surface area contributed by atoms with Crippen molar-refractivity contribution in [2.24, 2.45) is 17.8 Å². The number of phenolic OH excluding ortho intramolecular Hbond substituents is 1. The first-order valence-corrected chi connectivity index (χ1v) is 15.2. The van der Waals surface area contributed by atoms with Gasteiger partial charge in [-0.25, -0.2) is 4.39 Å². The van der Waals surface area contributed by atoms with Crippen LogP contribution in [-0.2, 0) is 15.5 Å². The number of ketones is 1. The zero-order valence-corrected chi connectivity index (χ0v) is 24.9. The molecule has 0 radical (unpaired) electrons. The van der Waals surface area contributed by atoms with Gasteiger partial charge in [0.2, 0.25) is 5.91 Å². The minimum atomic E-state index is -3.61. The molecule has 0 bridgehead atoms. The number of phenols is 1. The van der Waals surface area contributed by atoms with Crippen LogP contribution in [-0.4, -0.2) is 40.0 Å². The van der Waals surface area contributed by atoms with Crippen molar-refractivity contribution >= 4 is 40.0 Å². The van der Waals surface area contributed by atoms with Crippen molar-refractivity contribution in [3.63, 3.8) is 0 Å². The first-order chi connectivity index (χ1) is 19.1. The lowest BCUT2D eigenvalue weighted by molar-refractivity contribution is -0.120. The fraction of sp³-hybridized carbons (Fsp3) is 0.548. The zero-order valence-electron chi connectivity index (χ0n) is 22.8. The van der Waals surface area contributed by atoms with Crippen molar-refractivity contribution in [2.75, 3.05) is 25.1 Å². The van der Waals surface area contributed by atoms with Gasteiger partial charge in [-0.2, -0.15) is 8.78 Å². The average molecular weight is 671 g/mol. The van der Waals surface area contributed by atoms with E-state index in [4.69, 9.17) is 0 Å². The number of benzene rings is 2. The fourth-order valence-electron chi connectivity index (χ4n) is 6.36. The lowest BCUT2D eigenvalue weighted by atomic mass is 9.77. The van der Waals surface area contributed by atoms with Crippen LogP contribution in [0.15, 0.2) is 48.5 Å². The first-order valence-electron chi connectivity index (χ1n) is 14.1. The molecule has 0 saturated heterocycles. The Morgan fingerprint density at radius 1 is 1.07 bits per heavy atom. The molecule has 1 unspecified atom stereocenters. The lowest BCUT2D eigenvalue weighted by Gasteiger charge is -2.29. The maximum absolute atomic E-state index is 13.6. The van der Waals surface area contributed by atoms with Gasteiger partial charge in [0.15, 0.2) is 12.5 Å². The number of nitrogens with one attached hydrogen (secondary N) is 2. The van der Waals surface area contributed by atoms with E-state index in [0.717, 1.165) is 44.2 Å². The summed E-state index contributed by atoms with van der Waals surface area (Å²) in [7, 11) is 0. The summed E-state index contributed by atoms with van der Waals surface area (Å²) < 4.78 is 39.8. The Balaban J connectivity index is 1.19. The molecule has 2 fully saturated rings. The second-order valence-electron chi connectivity index (χ2n) is 11.3. The predicted octanol–water partition coefficient (Wildman–Crippen LogP) is 7.13. The van der Waals surface area contributed by atoms with Gasteiger partial charge in [0.1, 0.15) is 5.75 Å². The van der Waals surface area contributed by atoms with Crippen LogP contribution in [0, 0.1) is 17.8 Å². The van der Waals surface area contributed by atoms with Crippen LogP contribution in [0.5, 0.6) is 5.75 Å². The van der Waals surface area contributed by atoms with E-state index in [-0.39, 0.29) is 33.9 Å². The lowest BCUT2D eigenvalue weighted by Crippen LogP contribution is -2.33. The number of rotatable bonds is 13. The van der Waals surface area contributed by atoms with E-state index in [9.17, 15) is 27.9 Å². The summed E-state index contributed by atoms with van der Waals surface area (Å²) in [6.45, 7) is 0.263. The molecule has 4 rings (SSSR count). The highest BCUT2D eigenvalue weighted by Gasteiger charge is 2.64. The van der Waals surface area contributed by atoms with Gasteiger partial charge in [0.25, 0.3) is 0 Å². The quantitative estimate of drug-likeness (QED) is 0.157. The number of hydrogen-bond donors (Lipinski definition) is 3. The molecule has 2 aliphatic rings. The number of anilines is 1. The fourth-order valence-corrected chi connectivity index (χ4v) is 8.08. The summed E-state index contributed by atoms with van der Waals surface area (Å²) >= 11 is 2.49. The third kappa shape index (κ3) is 7.38. The van der Waals surface area contributed by atoms with Crippen LogP contribution in [0.25, 0.3) is 0 Å². The molecular weight excluding hydrogens is 632 g/mol. The molecule has 0 aliphatic heterocycles. The number of Topliss-reactive ketones (excluding diaryl/α,β-unsaturated/α-hetero) is 1. The number of hydrogen-bond acceptors (Lipinski definition) is 4. The van der Waals surface area contributed by atoms with E-state index in [1.54, 1.807) is 12.1 Å². The molecule has 2 saturated carbocycles. The molecule has 3 atom stereocenters. The van der Waals surface area contributed by atoms with E-state index in [0.29, 0.717) is 23.5 Å². The molecular formula is C31H38F3IN2O3. The van der Waals surface area contributed by atoms with E-state index in [1.807, 2.05) is 12.1 Å². The standard InChI is InChI=1S/C31H38F3IN2O3/c1-2-26-29(27(39)17-36-18-28(40)37-24-5-3-4-23(16-24)31(33,34)19-32)30(26,35)15-14-20-6-8-21(9-7-20)22-10-12-25(38)13-11-22/h3-5,10-13,16,20-21,26,29,36,38H,2,6-9,14-15,17-19H2,1H3,(H,37,40)/t20?,21?,26?,29-,30-/m1/s1. The first kappa shape index (κ1) is 30.8. The number of carbonyl (C=O) groups is 2. The summed E-state index contributed by atoms with van der Waals surface area (Å²) in [5.41, 5.74) is 0.952. The Kier molecular flexibility index (Phi) is 10.2. The Morgan fingerprint density at radius 2 is 1.77 bits per heavy atom. The largest absolute Gasteiger partial charge is 0.508 e. The third-order valence-electron chi connectivity index (χ3n) is 8.68.